The van der Waals surface area contributed by atoms with Gasteiger partial charge in [-0.2, -0.15) is 0 Å². The molecule has 1 heterocycles. The standard InChI is InChI=1S/C17H25FN2/c1-12-8-9-17(14(18)11-12)20-16-6-3-2-5-13(16)15-7-4-10-19-15/h8-9,11,13,15-16,19-20H,2-7,10H2,1H3. The molecule has 2 aliphatic rings. The molecule has 0 bridgehead atoms. The van der Waals surface area contributed by atoms with Gasteiger partial charge >= 0.3 is 0 Å². The zero-order valence-electron chi connectivity index (χ0n) is 12.3. The Morgan fingerprint density at radius 1 is 1.15 bits per heavy atom. The Bertz CT molecular complexity index is 454. The van der Waals surface area contributed by atoms with Crippen LogP contribution in [0.25, 0.3) is 0 Å². The fourth-order valence-corrected chi connectivity index (χ4v) is 3.83. The van der Waals surface area contributed by atoms with Gasteiger partial charge in [-0.25, -0.2) is 4.39 Å². The fraction of sp³-hybridized carbons (Fsp3) is 0.647. The highest BCUT2D eigenvalue weighted by atomic mass is 19.1. The van der Waals surface area contributed by atoms with E-state index in [9.17, 15) is 4.39 Å². The van der Waals surface area contributed by atoms with E-state index in [4.69, 9.17) is 0 Å². The molecule has 3 unspecified atom stereocenters. The number of anilines is 1. The van der Waals surface area contributed by atoms with Crippen molar-refractivity contribution in [2.24, 2.45) is 5.92 Å². The molecular weight excluding hydrogens is 251 g/mol. The number of aryl methyl sites for hydroxylation is 1. The van der Waals surface area contributed by atoms with E-state index in [1.807, 2.05) is 19.1 Å². The van der Waals surface area contributed by atoms with E-state index in [0.29, 0.717) is 23.7 Å². The summed E-state index contributed by atoms with van der Waals surface area (Å²) in [5.74, 6) is 0.528. The summed E-state index contributed by atoms with van der Waals surface area (Å²) >= 11 is 0. The van der Waals surface area contributed by atoms with Gasteiger partial charge in [0.2, 0.25) is 0 Å². The van der Waals surface area contributed by atoms with Gasteiger partial charge in [-0.1, -0.05) is 18.9 Å². The Hall–Kier alpha value is -1.09. The lowest BCUT2D eigenvalue weighted by atomic mass is 9.79. The van der Waals surface area contributed by atoms with E-state index in [1.165, 1.54) is 32.1 Å². The molecule has 1 aliphatic heterocycles. The van der Waals surface area contributed by atoms with Crippen LogP contribution in [0.5, 0.6) is 0 Å². The molecule has 110 valence electrons. The van der Waals surface area contributed by atoms with Gasteiger partial charge in [-0.15, -0.1) is 0 Å². The van der Waals surface area contributed by atoms with Crippen LogP contribution in [0.3, 0.4) is 0 Å². The quantitative estimate of drug-likeness (QED) is 0.876. The van der Waals surface area contributed by atoms with Crippen molar-refractivity contribution < 1.29 is 4.39 Å². The van der Waals surface area contributed by atoms with Crippen molar-refractivity contribution in [3.8, 4) is 0 Å². The van der Waals surface area contributed by atoms with E-state index in [-0.39, 0.29) is 5.82 Å². The molecule has 0 amide bonds. The number of nitrogens with one attached hydrogen (secondary N) is 2. The maximum Gasteiger partial charge on any atom is 0.146 e. The second-order valence-electron chi connectivity index (χ2n) is 6.39. The van der Waals surface area contributed by atoms with Crippen LogP contribution in [-0.4, -0.2) is 18.6 Å². The maximum atomic E-state index is 14.0. The van der Waals surface area contributed by atoms with Crippen LogP contribution in [0.1, 0.15) is 44.1 Å². The molecule has 1 aliphatic carbocycles. The molecule has 3 heteroatoms. The van der Waals surface area contributed by atoms with Gasteiger partial charge < -0.3 is 10.6 Å². The first-order valence-electron chi connectivity index (χ1n) is 8.00. The lowest BCUT2D eigenvalue weighted by Gasteiger charge is -2.37. The maximum absolute atomic E-state index is 14.0. The molecule has 1 aromatic rings. The Balaban J connectivity index is 1.72. The van der Waals surface area contributed by atoms with Gasteiger partial charge in [0.15, 0.2) is 0 Å². The van der Waals surface area contributed by atoms with Crippen molar-refractivity contribution >= 4 is 5.69 Å². The first kappa shape index (κ1) is 13.9. The molecular formula is C17H25FN2. The molecule has 1 aromatic carbocycles. The number of rotatable bonds is 3. The Morgan fingerprint density at radius 3 is 2.75 bits per heavy atom. The van der Waals surface area contributed by atoms with Gasteiger partial charge in [-0.05, 0) is 62.8 Å². The Kier molecular flexibility index (Phi) is 4.25. The summed E-state index contributed by atoms with van der Waals surface area (Å²) in [4.78, 5) is 0. The molecule has 1 saturated carbocycles. The zero-order chi connectivity index (χ0) is 13.9. The zero-order valence-corrected chi connectivity index (χ0v) is 12.3. The molecule has 2 N–H and O–H groups in total. The van der Waals surface area contributed by atoms with E-state index < -0.39 is 0 Å². The second-order valence-corrected chi connectivity index (χ2v) is 6.39. The van der Waals surface area contributed by atoms with Gasteiger partial charge in [0.1, 0.15) is 5.82 Å². The first-order valence-corrected chi connectivity index (χ1v) is 8.00. The number of hydrogen-bond donors (Lipinski definition) is 2. The smallest absolute Gasteiger partial charge is 0.146 e. The van der Waals surface area contributed by atoms with Crippen LogP contribution >= 0.6 is 0 Å². The Labute approximate surface area is 121 Å². The van der Waals surface area contributed by atoms with Crippen molar-refractivity contribution in [2.75, 3.05) is 11.9 Å². The van der Waals surface area contributed by atoms with Gasteiger partial charge in [-0.3, -0.25) is 0 Å². The van der Waals surface area contributed by atoms with Crippen LogP contribution in [0, 0.1) is 18.7 Å². The molecule has 2 fully saturated rings. The fourth-order valence-electron chi connectivity index (χ4n) is 3.83. The average Bonchev–Trinajstić information content (AvgIpc) is 2.96. The molecule has 20 heavy (non-hydrogen) atoms. The van der Waals surface area contributed by atoms with Crippen LogP contribution in [0.4, 0.5) is 10.1 Å². The summed E-state index contributed by atoms with van der Waals surface area (Å²) in [5, 5.41) is 7.12. The highest BCUT2D eigenvalue weighted by Crippen LogP contribution is 2.33. The van der Waals surface area contributed by atoms with E-state index in [0.717, 1.165) is 18.5 Å². The molecule has 3 rings (SSSR count). The first-order chi connectivity index (χ1) is 9.74. The summed E-state index contributed by atoms with van der Waals surface area (Å²) in [6.07, 6.45) is 7.57. The minimum absolute atomic E-state index is 0.117. The second kappa shape index (κ2) is 6.13. The van der Waals surface area contributed by atoms with Crippen molar-refractivity contribution in [3.63, 3.8) is 0 Å². The Morgan fingerprint density at radius 2 is 2.00 bits per heavy atom. The average molecular weight is 276 g/mol. The third-order valence-corrected chi connectivity index (χ3v) is 4.90. The lowest BCUT2D eigenvalue weighted by molar-refractivity contribution is 0.262. The minimum Gasteiger partial charge on any atom is -0.380 e. The topological polar surface area (TPSA) is 24.1 Å². The molecule has 0 spiro atoms. The van der Waals surface area contributed by atoms with E-state index in [2.05, 4.69) is 10.6 Å². The van der Waals surface area contributed by atoms with Gasteiger partial charge in [0, 0.05) is 12.1 Å². The number of halogens is 1. The molecule has 1 saturated heterocycles. The molecule has 3 atom stereocenters. The van der Waals surface area contributed by atoms with Crippen LogP contribution < -0.4 is 10.6 Å². The lowest BCUT2D eigenvalue weighted by Crippen LogP contribution is -2.43. The summed E-state index contributed by atoms with van der Waals surface area (Å²) in [5.41, 5.74) is 1.65. The SMILES string of the molecule is Cc1ccc(NC2CCCCC2C2CCCN2)c(F)c1. The van der Waals surface area contributed by atoms with Crippen molar-refractivity contribution in [1.82, 2.24) is 5.32 Å². The van der Waals surface area contributed by atoms with Crippen molar-refractivity contribution in [1.29, 1.82) is 0 Å². The highest BCUT2D eigenvalue weighted by molar-refractivity contribution is 5.47. The van der Waals surface area contributed by atoms with E-state index in [1.54, 1.807) is 6.07 Å². The summed E-state index contributed by atoms with van der Waals surface area (Å²) in [6.45, 7) is 3.07. The largest absolute Gasteiger partial charge is 0.380 e. The third kappa shape index (κ3) is 2.98. The van der Waals surface area contributed by atoms with E-state index >= 15 is 0 Å². The van der Waals surface area contributed by atoms with Gasteiger partial charge in [0.05, 0.1) is 5.69 Å². The third-order valence-electron chi connectivity index (χ3n) is 4.90. The minimum atomic E-state index is -0.117. The van der Waals surface area contributed by atoms with Crippen LogP contribution in [0.15, 0.2) is 18.2 Å². The summed E-state index contributed by atoms with van der Waals surface area (Å²) in [7, 11) is 0. The summed E-state index contributed by atoms with van der Waals surface area (Å²) < 4.78 is 14.0. The number of hydrogen-bond acceptors (Lipinski definition) is 2. The van der Waals surface area contributed by atoms with Crippen LogP contribution in [-0.2, 0) is 0 Å². The van der Waals surface area contributed by atoms with Gasteiger partial charge in [0.25, 0.3) is 0 Å². The van der Waals surface area contributed by atoms with Crippen LogP contribution in [0.2, 0.25) is 0 Å². The monoisotopic (exact) mass is 276 g/mol. The molecule has 0 radical (unpaired) electrons. The predicted molar refractivity (Wildman–Crippen MR) is 81.5 cm³/mol. The summed E-state index contributed by atoms with van der Waals surface area (Å²) in [6, 6.07) is 6.53. The number of benzene rings is 1. The molecule has 0 aromatic heterocycles. The van der Waals surface area contributed by atoms with Crippen molar-refractivity contribution in [3.05, 3.63) is 29.6 Å². The highest BCUT2D eigenvalue weighted by Gasteiger charge is 2.33. The normalized spacial score (nSPS) is 30.4. The predicted octanol–water partition coefficient (Wildman–Crippen LogP) is 3.86. The van der Waals surface area contributed by atoms with Crippen molar-refractivity contribution in [2.45, 2.75) is 57.5 Å². The molecule has 2 nitrogen and oxygen atoms in total.